The van der Waals surface area contributed by atoms with Crippen molar-refractivity contribution in [1.29, 1.82) is 0 Å². The van der Waals surface area contributed by atoms with Crippen LogP contribution in [0.25, 0.3) is 0 Å². The van der Waals surface area contributed by atoms with Gasteiger partial charge in [-0.15, -0.1) is 0 Å². The smallest absolute Gasteiger partial charge is 0.243 e. The minimum atomic E-state index is -1.15. The first kappa shape index (κ1) is 38.6. The van der Waals surface area contributed by atoms with Gasteiger partial charge in [-0.3, -0.25) is 38.4 Å². The third kappa shape index (κ3) is 12.3. The molecule has 1 fully saturated rings. The van der Waals surface area contributed by atoms with Crippen LogP contribution in [-0.4, -0.2) is 121 Å². The number of likely N-dealkylation sites (N-methyl/N-ethyl adjacent to an activating group) is 2. The lowest BCUT2D eigenvalue weighted by atomic mass is 10.0. The number of amides is 8. The Morgan fingerprint density at radius 1 is 0.560 bits per heavy atom. The second kappa shape index (κ2) is 19.9. The van der Waals surface area contributed by atoms with Gasteiger partial charge in [0.1, 0.15) is 25.2 Å². The van der Waals surface area contributed by atoms with E-state index >= 15 is 0 Å². The van der Waals surface area contributed by atoms with Gasteiger partial charge in [-0.1, -0.05) is 60.7 Å². The van der Waals surface area contributed by atoms with E-state index in [1.54, 1.807) is 74.5 Å². The molecule has 0 aliphatic carbocycles. The Morgan fingerprint density at radius 2 is 0.900 bits per heavy atom. The van der Waals surface area contributed by atoms with Crippen LogP contribution in [0.5, 0.6) is 0 Å². The SMILES string of the molecule is CCNC(=O)C(Cc1ccccc1)N1CC(=O)NCC(=O)NCC(=O)N(C(Cc2ccccc2)C(=O)NCC)CC(=O)NCC(=O)NCC1=O. The second-order valence-corrected chi connectivity index (χ2v) is 11.4. The maximum atomic E-state index is 13.5. The third-order valence-electron chi connectivity index (χ3n) is 7.64. The lowest BCUT2D eigenvalue weighted by molar-refractivity contribution is -0.144. The molecule has 0 aromatic heterocycles. The predicted octanol–water partition coefficient (Wildman–Crippen LogP) is -2.38. The van der Waals surface area contributed by atoms with Gasteiger partial charge < -0.3 is 41.7 Å². The van der Waals surface area contributed by atoms with Crippen molar-refractivity contribution in [2.75, 3.05) is 52.4 Å². The van der Waals surface area contributed by atoms with E-state index in [0.29, 0.717) is 11.1 Å². The zero-order valence-corrected chi connectivity index (χ0v) is 28.2. The van der Waals surface area contributed by atoms with Gasteiger partial charge in [0.15, 0.2) is 0 Å². The average molecular weight is 693 g/mol. The highest BCUT2D eigenvalue weighted by molar-refractivity contribution is 5.96. The fourth-order valence-corrected chi connectivity index (χ4v) is 5.15. The number of carbonyl (C=O) groups is 8. The summed E-state index contributed by atoms with van der Waals surface area (Å²) in [4.78, 5) is 107. The quantitative estimate of drug-likeness (QED) is 0.158. The molecule has 268 valence electrons. The topological polar surface area (TPSA) is 215 Å². The van der Waals surface area contributed by atoms with Crippen LogP contribution in [0, 0.1) is 0 Å². The summed E-state index contributed by atoms with van der Waals surface area (Å²) in [5.74, 6) is -5.66. The fourth-order valence-electron chi connectivity index (χ4n) is 5.15. The molecule has 0 bridgehead atoms. The summed E-state index contributed by atoms with van der Waals surface area (Å²) >= 11 is 0. The monoisotopic (exact) mass is 692 g/mol. The molecular formula is C34H44N8O8. The van der Waals surface area contributed by atoms with Crippen LogP contribution in [0.1, 0.15) is 25.0 Å². The van der Waals surface area contributed by atoms with E-state index in [9.17, 15) is 38.4 Å². The number of hydrogen-bond acceptors (Lipinski definition) is 8. The van der Waals surface area contributed by atoms with Gasteiger partial charge in [0, 0.05) is 25.9 Å². The molecule has 1 heterocycles. The molecule has 16 nitrogen and oxygen atoms in total. The summed E-state index contributed by atoms with van der Waals surface area (Å²) < 4.78 is 0. The third-order valence-corrected chi connectivity index (χ3v) is 7.64. The van der Waals surface area contributed by atoms with Crippen molar-refractivity contribution in [2.24, 2.45) is 0 Å². The summed E-state index contributed by atoms with van der Waals surface area (Å²) in [6.07, 6.45) is 0.104. The molecule has 1 aliphatic heterocycles. The van der Waals surface area contributed by atoms with Crippen molar-refractivity contribution < 1.29 is 38.4 Å². The number of hydrogen-bond donors (Lipinski definition) is 6. The summed E-state index contributed by atoms with van der Waals surface area (Å²) in [5, 5.41) is 14.9. The normalized spacial score (nSPS) is 16.8. The van der Waals surface area contributed by atoms with Crippen LogP contribution in [-0.2, 0) is 51.2 Å². The van der Waals surface area contributed by atoms with E-state index in [0.717, 1.165) is 9.80 Å². The Bertz CT molecular complexity index is 1410. The molecule has 0 radical (unpaired) electrons. The highest BCUT2D eigenvalue weighted by atomic mass is 16.2. The lowest BCUT2D eigenvalue weighted by Gasteiger charge is -2.31. The number of rotatable bonds is 10. The molecule has 3 rings (SSSR count). The molecule has 2 aromatic rings. The summed E-state index contributed by atoms with van der Waals surface area (Å²) in [6.45, 7) is 0.239. The summed E-state index contributed by atoms with van der Waals surface area (Å²) in [5.41, 5.74) is 1.42. The number of benzene rings is 2. The Labute approximate surface area is 290 Å². The number of nitrogens with zero attached hydrogens (tertiary/aromatic N) is 2. The van der Waals surface area contributed by atoms with Gasteiger partial charge in [0.2, 0.25) is 47.3 Å². The molecule has 0 spiro atoms. The Hall–Kier alpha value is -5.80. The molecule has 2 unspecified atom stereocenters. The molecule has 8 amide bonds. The summed E-state index contributed by atoms with van der Waals surface area (Å²) in [7, 11) is 0. The van der Waals surface area contributed by atoms with E-state index in [1.807, 2.05) is 0 Å². The molecule has 1 aliphatic rings. The van der Waals surface area contributed by atoms with Crippen LogP contribution < -0.4 is 31.9 Å². The molecule has 50 heavy (non-hydrogen) atoms. The van der Waals surface area contributed by atoms with Gasteiger partial charge in [-0.2, -0.15) is 0 Å². The van der Waals surface area contributed by atoms with Crippen molar-refractivity contribution in [1.82, 2.24) is 41.7 Å². The van der Waals surface area contributed by atoms with Crippen LogP contribution >= 0.6 is 0 Å². The minimum Gasteiger partial charge on any atom is -0.355 e. The average Bonchev–Trinajstić information content (AvgIpc) is 3.11. The van der Waals surface area contributed by atoms with E-state index in [2.05, 4.69) is 31.9 Å². The molecule has 16 heteroatoms. The Kier molecular flexibility index (Phi) is 15.4. The van der Waals surface area contributed by atoms with Gasteiger partial charge in [0.25, 0.3) is 0 Å². The van der Waals surface area contributed by atoms with Crippen LogP contribution in [0.15, 0.2) is 60.7 Å². The predicted molar refractivity (Wildman–Crippen MR) is 181 cm³/mol. The summed E-state index contributed by atoms with van der Waals surface area (Å²) in [6, 6.07) is 15.4. The lowest BCUT2D eigenvalue weighted by Crippen LogP contribution is -2.57. The van der Waals surface area contributed by atoms with Crippen molar-refractivity contribution in [3.63, 3.8) is 0 Å². The van der Waals surface area contributed by atoms with Gasteiger partial charge >= 0.3 is 0 Å². The first-order valence-corrected chi connectivity index (χ1v) is 16.3. The van der Waals surface area contributed by atoms with Gasteiger partial charge in [0.05, 0.1) is 26.2 Å². The first-order chi connectivity index (χ1) is 24.0. The Balaban J connectivity index is 1.86. The van der Waals surface area contributed by atoms with E-state index in [1.165, 1.54) is 0 Å². The Morgan fingerprint density at radius 3 is 1.24 bits per heavy atom. The molecule has 0 saturated carbocycles. The van der Waals surface area contributed by atoms with Crippen LogP contribution in [0.4, 0.5) is 0 Å². The molecule has 2 aromatic carbocycles. The zero-order chi connectivity index (χ0) is 36.5. The highest BCUT2D eigenvalue weighted by Gasteiger charge is 2.33. The molecule has 6 N–H and O–H groups in total. The van der Waals surface area contributed by atoms with Gasteiger partial charge in [-0.05, 0) is 25.0 Å². The van der Waals surface area contributed by atoms with Crippen molar-refractivity contribution in [2.45, 2.75) is 38.8 Å². The largest absolute Gasteiger partial charge is 0.355 e. The minimum absolute atomic E-state index is 0.0519. The fraction of sp³-hybridized carbons (Fsp3) is 0.412. The number of carbonyl (C=O) groups excluding carboxylic acids is 8. The van der Waals surface area contributed by atoms with E-state index < -0.39 is 98.6 Å². The molecular weight excluding hydrogens is 648 g/mol. The highest BCUT2D eigenvalue weighted by Crippen LogP contribution is 2.12. The van der Waals surface area contributed by atoms with Crippen molar-refractivity contribution in [3.05, 3.63) is 71.8 Å². The zero-order valence-electron chi connectivity index (χ0n) is 28.2. The maximum absolute atomic E-state index is 13.5. The van der Waals surface area contributed by atoms with Crippen LogP contribution in [0.3, 0.4) is 0 Å². The van der Waals surface area contributed by atoms with Gasteiger partial charge in [-0.25, -0.2) is 0 Å². The molecule has 2 atom stereocenters. The standard InChI is InChI=1S/C34H44N8O8/c1-3-35-33(49)25(15-23-11-7-5-8-12-23)41-21-29(45)37-17-28(44)40-20-32(48)42(22-30(46)38-18-27(43)39-19-31(41)47)26(34(50)36-4-2)16-24-13-9-6-10-14-24/h5-14,25-26H,3-4,15-22H2,1-2H3,(H,35,49)(H,36,50)(H,37,45)(H,38,46)(H,39,43)(H,40,44). The number of nitrogens with one attached hydrogen (secondary N) is 6. The van der Waals surface area contributed by atoms with Crippen LogP contribution in [0.2, 0.25) is 0 Å². The molecule has 1 saturated heterocycles. The second-order valence-electron chi connectivity index (χ2n) is 11.4. The van der Waals surface area contributed by atoms with Crippen molar-refractivity contribution in [3.8, 4) is 0 Å². The van der Waals surface area contributed by atoms with Crippen molar-refractivity contribution >= 4 is 47.3 Å². The maximum Gasteiger partial charge on any atom is 0.243 e. The van der Waals surface area contributed by atoms with E-state index in [-0.39, 0.29) is 25.9 Å². The van der Waals surface area contributed by atoms with E-state index in [4.69, 9.17) is 0 Å². The first-order valence-electron chi connectivity index (χ1n) is 16.3.